The minimum absolute atomic E-state index is 1.00. The van der Waals surface area contributed by atoms with Crippen molar-refractivity contribution in [3.63, 3.8) is 0 Å². The molecule has 0 bridgehead atoms. The van der Waals surface area contributed by atoms with Crippen LogP contribution in [0, 0.1) is 0 Å². The van der Waals surface area contributed by atoms with Crippen LogP contribution in [0.25, 0.3) is 0 Å². The van der Waals surface area contributed by atoms with Crippen LogP contribution < -0.4 is 0 Å². The standard InChI is InChI=1S/C5H12.C4H12N/c1-3-5-4-2;1-5(2,3)4/h3-5H2,1-2H3;1-4H3/q;+1. The van der Waals surface area contributed by atoms with E-state index in [1.807, 2.05) is 0 Å². The molecule has 0 saturated heterocycles. The van der Waals surface area contributed by atoms with Crippen LogP contribution in [0.2, 0.25) is 0 Å². The first-order chi connectivity index (χ1) is 4.41. The first-order valence-corrected chi connectivity index (χ1v) is 4.20. The van der Waals surface area contributed by atoms with Gasteiger partial charge in [0.15, 0.2) is 0 Å². The van der Waals surface area contributed by atoms with Crippen molar-refractivity contribution in [1.29, 1.82) is 0 Å². The Labute approximate surface area is 66.6 Å². The zero-order valence-corrected chi connectivity index (χ0v) is 8.57. The minimum atomic E-state index is 1.00. The van der Waals surface area contributed by atoms with Crippen LogP contribution in [0.4, 0.5) is 0 Å². The average molecular weight is 146 g/mol. The molecule has 0 aliphatic rings. The van der Waals surface area contributed by atoms with E-state index in [0.717, 1.165) is 4.48 Å². The van der Waals surface area contributed by atoms with Crippen LogP contribution >= 0.6 is 0 Å². The van der Waals surface area contributed by atoms with E-state index in [1.165, 1.54) is 19.3 Å². The number of hydrogen-bond acceptors (Lipinski definition) is 0. The topological polar surface area (TPSA) is 0 Å². The van der Waals surface area contributed by atoms with Crippen molar-refractivity contribution in [3.8, 4) is 0 Å². The largest absolute Gasteiger partial charge is 0.333 e. The van der Waals surface area contributed by atoms with E-state index >= 15 is 0 Å². The molecule has 0 heterocycles. The highest BCUT2D eigenvalue weighted by Crippen LogP contribution is 1.88. The van der Waals surface area contributed by atoms with Gasteiger partial charge in [-0.2, -0.15) is 0 Å². The van der Waals surface area contributed by atoms with Crippen LogP contribution in [-0.4, -0.2) is 32.7 Å². The molecule has 0 amide bonds. The van der Waals surface area contributed by atoms with E-state index in [1.54, 1.807) is 0 Å². The summed E-state index contributed by atoms with van der Waals surface area (Å²) in [6.45, 7) is 4.42. The van der Waals surface area contributed by atoms with Gasteiger partial charge in [-0.3, -0.25) is 0 Å². The van der Waals surface area contributed by atoms with Gasteiger partial charge in [0.05, 0.1) is 28.2 Å². The smallest absolute Gasteiger partial charge is 0.0675 e. The lowest BCUT2D eigenvalue weighted by atomic mass is 10.3. The maximum atomic E-state index is 2.21. The lowest BCUT2D eigenvalue weighted by Crippen LogP contribution is -2.27. The molecule has 0 radical (unpaired) electrons. The predicted octanol–water partition coefficient (Wildman–Crippen LogP) is 2.52. The average Bonchev–Trinajstić information content (AvgIpc) is 1.63. The summed E-state index contributed by atoms with van der Waals surface area (Å²) in [4.78, 5) is 0. The monoisotopic (exact) mass is 146 g/mol. The van der Waals surface area contributed by atoms with E-state index in [0.29, 0.717) is 0 Å². The first-order valence-electron chi connectivity index (χ1n) is 4.20. The summed E-state index contributed by atoms with van der Waals surface area (Å²) >= 11 is 0. The molecule has 0 aromatic carbocycles. The molecule has 0 aliphatic carbocycles. The number of quaternary nitrogens is 1. The SMILES string of the molecule is CCCCC.C[N+](C)(C)C. The molecule has 0 fully saturated rings. The van der Waals surface area contributed by atoms with Crippen molar-refractivity contribution in [2.24, 2.45) is 0 Å². The molecule has 0 rings (SSSR count). The summed E-state index contributed by atoms with van der Waals surface area (Å²) in [7, 11) is 8.50. The third-order valence-corrected chi connectivity index (χ3v) is 0.707. The molecular formula is C9H24N+. The molecule has 0 aliphatic heterocycles. The second-order valence-electron chi connectivity index (χ2n) is 4.04. The van der Waals surface area contributed by atoms with Gasteiger partial charge in [-0.25, -0.2) is 0 Å². The maximum absolute atomic E-state index is 2.21. The summed E-state index contributed by atoms with van der Waals surface area (Å²) < 4.78 is 1.00. The van der Waals surface area contributed by atoms with Crippen molar-refractivity contribution in [1.82, 2.24) is 0 Å². The van der Waals surface area contributed by atoms with Crippen LogP contribution in [0.1, 0.15) is 33.1 Å². The van der Waals surface area contributed by atoms with E-state index in [-0.39, 0.29) is 0 Å². The summed E-state index contributed by atoms with van der Waals surface area (Å²) in [5.41, 5.74) is 0. The van der Waals surface area contributed by atoms with Crippen molar-refractivity contribution in [2.75, 3.05) is 28.2 Å². The lowest BCUT2D eigenvalue weighted by molar-refractivity contribution is -0.849. The second-order valence-corrected chi connectivity index (χ2v) is 4.04. The molecule has 0 aromatic rings. The van der Waals surface area contributed by atoms with Gasteiger partial charge in [-0.05, 0) is 0 Å². The van der Waals surface area contributed by atoms with Crippen molar-refractivity contribution >= 4 is 0 Å². The highest BCUT2D eigenvalue weighted by atomic mass is 15.2. The molecule has 0 atom stereocenters. The van der Waals surface area contributed by atoms with Crippen LogP contribution in [0.5, 0.6) is 0 Å². The summed E-state index contributed by atoms with van der Waals surface area (Å²) in [5, 5.41) is 0. The zero-order chi connectivity index (χ0) is 8.62. The minimum Gasteiger partial charge on any atom is -0.333 e. The zero-order valence-electron chi connectivity index (χ0n) is 8.57. The van der Waals surface area contributed by atoms with Crippen LogP contribution in [-0.2, 0) is 0 Å². The summed E-state index contributed by atoms with van der Waals surface area (Å²) in [6, 6.07) is 0. The first kappa shape index (κ1) is 12.6. The van der Waals surface area contributed by atoms with Gasteiger partial charge in [0.1, 0.15) is 0 Å². The molecule has 64 valence electrons. The molecule has 1 heteroatoms. The molecule has 0 saturated carbocycles. The number of unbranched alkanes of at least 4 members (excludes halogenated alkanes) is 2. The van der Waals surface area contributed by atoms with E-state index < -0.39 is 0 Å². The fourth-order valence-corrected chi connectivity index (χ4v) is 0.354. The van der Waals surface area contributed by atoms with Gasteiger partial charge in [-0.15, -0.1) is 0 Å². The normalized spacial score (nSPS) is 10.2. The molecule has 0 N–H and O–H groups in total. The van der Waals surface area contributed by atoms with Gasteiger partial charge >= 0.3 is 0 Å². The van der Waals surface area contributed by atoms with E-state index in [4.69, 9.17) is 0 Å². The van der Waals surface area contributed by atoms with Gasteiger partial charge in [0, 0.05) is 0 Å². The fourth-order valence-electron chi connectivity index (χ4n) is 0.354. The molecule has 10 heavy (non-hydrogen) atoms. The van der Waals surface area contributed by atoms with Crippen LogP contribution in [0.3, 0.4) is 0 Å². The van der Waals surface area contributed by atoms with Crippen molar-refractivity contribution in [3.05, 3.63) is 0 Å². The number of rotatable bonds is 2. The Morgan fingerprint density at radius 1 is 0.800 bits per heavy atom. The third kappa shape index (κ3) is 100. The van der Waals surface area contributed by atoms with E-state index in [2.05, 4.69) is 42.0 Å². The maximum Gasteiger partial charge on any atom is 0.0675 e. The van der Waals surface area contributed by atoms with Gasteiger partial charge in [0.2, 0.25) is 0 Å². The van der Waals surface area contributed by atoms with Crippen molar-refractivity contribution < 1.29 is 4.48 Å². The Morgan fingerprint density at radius 3 is 1.00 bits per heavy atom. The lowest BCUT2D eigenvalue weighted by Gasteiger charge is -2.14. The van der Waals surface area contributed by atoms with Crippen molar-refractivity contribution in [2.45, 2.75) is 33.1 Å². The Hall–Kier alpha value is -0.0400. The second kappa shape index (κ2) is 7.07. The number of nitrogens with zero attached hydrogens (tertiary/aromatic N) is 1. The Balaban J connectivity index is 0. The van der Waals surface area contributed by atoms with Gasteiger partial charge in [-0.1, -0.05) is 33.1 Å². The number of hydrogen-bond donors (Lipinski definition) is 0. The molecular weight excluding hydrogens is 122 g/mol. The summed E-state index contributed by atoms with van der Waals surface area (Å²) in [6.07, 6.45) is 4.08. The highest BCUT2D eigenvalue weighted by molar-refractivity contribution is 4.24. The molecule has 0 unspecified atom stereocenters. The quantitative estimate of drug-likeness (QED) is 0.525. The molecule has 0 spiro atoms. The Bertz CT molecular complexity index is 44.2. The van der Waals surface area contributed by atoms with Crippen LogP contribution in [0.15, 0.2) is 0 Å². The molecule has 0 aromatic heterocycles. The van der Waals surface area contributed by atoms with E-state index in [9.17, 15) is 0 Å². The third-order valence-electron chi connectivity index (χ3n) is 0.707. The predicted molar refractivity (Wildman–Crippen MR) is 49.2 cm³/mol. The Morgan fingerprint density at radius 2 is 1.00 bits per heavy atom. The highest BCUT2D eigenvalue weighted by Gasteiger charge is 1.88. The van der Waals surface area contributed by atoms with Gasteiger partial charge < -0.3 is 4.48 Å². The van der Waals surface area contributed by atoms with Gasteiger partial charge in [0.25, 0.3) is 0 Å². The molecule has 1 nitrogen and oxygen atoms in total. The Kier molecular flexibility index (Phi) is 8.92. The fraction of sp³-hybridized carbons (Fsp3) is 1.00. The summed E-state index contributed by atoms with van der Waals surface area (Å²) in [5.74, 6) is 0.